The van der Waals surface area contributed by atoms with Gasteiger partial charge in [-0.3, -0.25) is 0 Å². The van der Waals surface area contributed by atoms with Gasteiger partial charge in [-0.05, 0) is 18.2 Å². The molecule has 3 N–H and O–H groups in total. The first kappa shape index (κ1) is 12.3. The molecule has 0 bridgehead atoms. The van der Waals surface area contributed by atoms with Gasteiger partial charge in [-0.15, -0.1) is 18.2 Å². The number of thioether (sulfide) groups is 1. The Labute approximate surface area is 103 Å². The van der Waals surface area contributed by atoms with E-state index < -0.39 is 0 Å². The van der Waals surface area contributed by atoms with Gasteiger partial charge < -0.3 is 11.1 Å². The van der Waals surface area contributed by atoms with E-state index in [1.54, 1.807) is 11.8 Å². The van der Waals surface area contributed by atoms with Crippen molar-refractivity contribution in [3.8, 4) is 12.3 Å². The molecule has 0 spiro atoms. The number of rotatable bonds is 5. The van der Waals surface area contributed by atoms with E-state index in [-0.39, 0.29) is 0 Å². The number of hydrogen-bond acceptors (Lipinski definition) is 3. The van der Waals surface area contributed by atoms with Crippen molar-refractivity contribution in [3.05, 3.63) is 22.7 Å². The molecule has 1 aromatic rings. The first-order chi connectivity index (χ1) is 7.24. The highest BCUT2D eigenvalue weighted by atomic mass is 79.9. The first-order valence-electron chi connectivity index (χ1n) is 4.54. The maximum absolute atomic E-state index is 5.83. The van der Waals surface area contributed by atoms with Crippen LogP contribution in [0.25, 0.3) is 0 Å². The lowest BCUT2D eigenvalue weighted by molar-refractivity contribution is 1.23. The zero-order valence-corrected chi connectivity index (χ0v) is 10.7. The van der Waals surface area contributed by atoms with Gasteiger partial charge in [-0.1, -0.05) is 21.9 Å². The summed E-state index contributed by atoms with van der Waals surface area (Å²) < 4.78 is 0.993. The van der Waals surface area contributed by atoms with Gasteiger partial charge in [0.25, 0.3) is 0 Å². The third-order valence-corrected chi connectivity index (χ3v) is 3.12. The summed E-state index contributed by atoms with van der Waals surface area (Å²) >= 11 is 5.10. The summed E-state index contributed by atoms with van der Waals surface area (Å²) in [5, 5.41) is 3.26. The Hall–Kier alpha value is -0.790. The van der Waals surface area contributed by atoms with Crippen LogP contribution in [0.5, 0.6) is 0 Å². The number of nitrogens with one attached hydrogen (secondary N) is 1. The molecule has 4 heteroatoms. The largest absolute Gasteiger partial charge is 0.397 e. The zero-order chi connectivity index (χ0) is 11.1. The fraction of sp³-hybridized carbons (Fsp3) is 0.273. The molecule has 0 aliphatic rings. The van der Waals surface area contributed by atoms with E-state index in [1.165, 1.54) is 0 Å². The minimum atomic E-state index is 0.756. The van der Waals surface area contributed by atoms with Crippen molar-refractivity contribution in [1.82, 2.24) is 0 Å². The summed E-state index contributed by atoms with van der Waals surface area (Å²) in [6.07, 6.45) is 5.15. The van der Waals surface area contributed by atoms with Crippen LogP contribution in [0.1, 0.15) is 0 Å². The maximum Gasteiger partial charge on any atom is 0.0574 e. The van der Waals surface area contributed by atoms with E-state index in [9.17, 15) is 0 Å². The normalized spacial score (nSPS) is 9.60. The number of halogens is 1. The summed E-state index contributed by atoms with van der Waals surface area (Å²) in [4.78, 5) is 0. The van der Waals surface area contributed by atoms with Crippen LogP contribution >= 0.6 is 27.7 Å². The van der Waals surface area contributed by atoms with Crippen molar-refractivity contribution in [3.63, 3.8) is 0 Å². The maximum atomic E-state index is 5.83. The van der Waals surface area contributed by atoms with Gasteiger partial charge in [0.05, 0.1) is 17.1 Å². The standard InChI is InChI=1S/C11H13BrN2S/c1-2-6-15-7-5-14-11-4-3-9(12)8-10(11)13/h1,3-4,8,14H,5-7,13H2. The number of nitrogen functional groups attached to an aromatic ring is 1. The van der Waals surface area contributed by atoms with Crippen LogP contribution in [0.4, 0.5) is 11.4 Å². The lowest BCUT2D eigenvalue weighted by Crippen LogP contribution is -2.06. The molecule has 0 heterocycles. The molecule has 0 saturated carbocycles. The number of benzene rings is 1. The molecule has 0 aromatic heterocycles. The van der Waals surface area contributed by atoms with Crippen LogP contribution in [-0.2, 0) is 0 Å². The van der Waals surface area contributed by atoms with Crippen LogP contribution in [0.2, 0.25) is 0 Å². The molecule has 0 amide bonds. The van der Waals surface area contributed by atoms with Crippen LogP contribution in [0.3, 0.4) is 0 Å². The predicted octanol–water partition coefficient (Wildman–Crippen LogP) is 2.81. The predicted molar refractivity (Wildman–Crippen MR) is 73.2 cm³/mol. The third-order valence-electron chi connectivity index (χ3n) is 1.76. The van der Waals surface area contributed by atoms with Crippen molar-refractivity contribution in [2.75, 3.05) is 29.1 Å². The minimum Gasteiger partial charge on any atom is -0.397 e. The van der Waals surface area contributed by atoms with Gasteiger partial charge in [0.2, 0.25) is 0 Å². The van der Waals surface area contributed by atoms with E-state index in [0.29, 0.717) is 0 Å². The summed E-state index contributed by atoms with van der Waals surface area (Å²) in [6.45, 7) is 0.873. The second-order valence-electron chi connectivity index (χ2n) is 2.92. The molecule has 15 heavy (non-hydrogen) atoms. The van der Waals surface area contributed by atoms with Crippen LogP contribution in [0, 0.1) is 12.3 Å². The topological polar surface area (TPSA) is 38.0 Å². The lowest BCUT2D eigenvalue weighted by Gasteiger charge is -2.08. The van der Waals surface area contributed by atoms with E-state index in [1.807, 2.05) is 18.2 Å². The third kappa shape index (κ3) is 4.50. The van der Waals surface area contributed by atoms with Gasteiger partial charge in [0, 0.05) is 16.8 Å². The van der Waals surface area contributed by atoms with E-state index in [4.69, 9.17) is 12.2 Å². The van der Waals surface area contributed by atoms with Gasteiger partial charge in [-0.2, -0.15) is 0 Å². The smallest absolute Gasteiger partial charge is 0.0574 e. The molecule has 1 rings (SSSR count). The van der Waals surface area contributed by atoms with Crippen molar-refractivity contribution >= 4 is 39.1 Å². The Kier molecular flexibility index (Phi) is 5.44. The number of hydrogen-bond donors (Lipinski definition) is 2. The Morgan fingerprint density at radius 2 is 2.33 bits per heavy atom. The zero-order valence-electron chi connectivity index (χ0n) is 8.29. The fourth-order valence-corrected chi connectivity index (χ4v) is 1.97. The Bertz CT molecular complexity index is 360. The highest BCUT2D eigenvalue weighted by Gasteiger charge is 1.98. The summed E-state index contributed by atoms with van der Waals surface area (Å²) in [5.74, 6) is 4.34. The molecule has 0 fully saturated rings. The molecule has 80 valence electrons. The van der Waals surface area contributed by atoms with E-state index in [0.717, 1.165) is 33.9 Å². The first-order valence-corrected chi connectivity index (χ1v) is 6.49. The second kappa shape index (κ2) is 6.65. The van der Waals surface area contributed by atoms with Crippen LogP contribution in [0.15, 0.2) is 22.7 Å². The quantitative estimate of drug-likeness (QED) is 0.496. The van der Waals surface area contributed by atoms with E-state index in [2.05, 4.69) is 27.2 Å². The molecular weight excluding hydrogens is 272 g/mol. The molecule has 0 aliphatic heterocycles. The monoisotopic (exact) mass is 284 g/mol. The summed E-state index contributed by atoms with van der Waals surface area (Å²) in [5.41, 5.74) is 7.56. The Balaban J connectivity index is 2.35. The number of nitrogens with two attached hydrogens (primary N) is 1. The average molecular weight is 285 g/mol. The molecule has 0 unspecified atom stereocenters. The van der Waals surface area contributed by atoms with Gasteiger partial charge in [-0.25, -0.2) is 0 Å². The average Bonchev–Trinajstić information content (AvgIpc) is 2.20. The van der Waals surface area contributed by atoms with Crippen molar-refractivity contribution < 1.29 is 0 Å². The minimum absolute atomic E-state index is 0.756. The molecule has 2 nitrogen and oxygen atoms in total. The molecule has 0 atom stereocenters. The van der Waals surface area contributed by atoms with Gasteiger partial charge >= 0.3 is 0 Å². The van der Waals surface area contributed by atoms with Crippen molar-refractivity contribution in [1.29, 1.82) is 0 Å². The molecule has 0 aliphatic carbocycles. The number of terminal acetylenes is 1. The highest BCUT2D eigenvalue weighted by Crippen LogP contribution is 2.22. The van der Waals surface area contributed by atoms with Gasteiger partial charge in [0.15, 0.2) is 0 Å². The van der Waals surface area contributed by atoms with Gasteiger partial charge in [0.1, 0.15) is 0 Å². The second-order valence-corrected chi connectivity index (χ2v) is 4.94. The Morgan fingerprint density at radius 1 is 1.53 bits per heavy atom. The molecule has 0 radical (unpaired) electrons. The summed E-state index contributed by atoms with van der Waals surface area (Å²) in [6, 6.07) is 5.81. The summed E-state index contributed by atoms with van der Waals surface area (Å²) in [7, 11) is 0. The van der Waals surface area contributed by atoms with Crippen molar-refractivity contribution in [2.45, 2.75) is 0 Å². The lowest BCUT2D eigenvalue weighted by atomic mass is 10.3. The molecular formula is C11H13BrN2S. The fourth-order valence-electron chi connectivity index (χ4n) is 1.08. The Morgan fingerprint density at radius 3 is 3.00 bits per heavy atom. The molecule has 0 saturated heterocycles. The highest BCUT2D eigenvalue weighted by molar-refractivity contribution is 9.10. The van der Waals surface area contributed by atoms with Crippen LogP contribution < -0.4 is 11.1 Å². The SMILES string of the molecule is C#CCSCCNc1ccc(Br)cc1N. The van der Waals surface area contributed by atoms with Crippen molar-refractivity contribution in [2.24, 2.45) is 0 Å². The number of anilines is 2. The van der Waals surface area contributed by atoms with E-state index >= 15 is 0 Å². The van der Waals surface area contributed by atoms with Crippen LogP contribution in [-0.4, -0.2) is 18.1 Å². The molecule has 1 aromatic carbocycles.